The number of carbonyl (C=O) groups excluding carboxylic acids is 1. The Labute approximate surface area is 130 Å². The molecule has 1 atom stereocenters. The number of hydrogen-bond donors (Lipinski definition) is 2. The third kappa shape index (κ3) is 3.28. The zero-order valence-corrected chi connectivity index (χ0v) is 12.8. The van der Waals surface area contributed by atoms with Gasteiger partial charge in [-0.2, -0.15) is 0 Å². The van der Waals surface area contributed by atoms with Gasteiger partial charge in [-0.25, -0.2) is 4.79 Å². The van der Waals surface area contributed by atoms with E-state index in [2.05, 4.69) is 26.2 Å². The van der Waals surface area contributed by atoms with Crippen molar-refractivity contribution in [2.75, 3.05) is 0 Å². The van der Waals surface area contributed by atoms with Crippen LogP contribution in [0.15, 0.2) is 53.3 Å². The molecule has 0 aliphatic carbocycles. The minimum absolute atomic E-state index is 0.285. The van der Waals surface area contributed by atoms with Crippen LogP contribution in [0, 0.1) is 0 Å². The van der Waals surface area contributed by atoms with Gasteiger partial charge in [-0.3, -0.25) is 9.78 Å². The average Bonchev–Trinajstić information content (AvgIpc) is 2.47. The van der Waals surface area contributed by atoms with Crippen molar-refractivity contribution >= 4 is 27.8 Å². The van der Waals surface area contributed by atoms with Gasteiger partial charge >= 0.3 is 5.97 Å². The van der Waals surface area contributed by atoms with Gasteiger partial charge in [0.1, 0.15) is 0 Å². The third-order valence-electron chi connectivity index (χ3n) is 3.11. The van der Waals surface area contributed by atoms with Crippen molar-refractivity contribution in [3.8, 4) is 0 Å². The zero-order chi connectivity index (χ0) is 15.5. The Bertz CT molecular complexity index is 676. The molecular weight excluding hydrogens is 336 g/mol. The summed E-state index contributed by atoms with van der Waals surface area (Å²) in [6.45, 7) is 1.45. The molecule has 2 N–H and O–H groups in total. The maximum Gasteiger partial charge on any atom is 0.333 e. The maximum atomic E-state index is 12.3. The molecule has 1 aromatic heterocycles. The molecule has 1 unspecified atom stereocenters. The molecule has 21 heavy (non-hydrogen) atoms. The Hall–Kier alpha value is -2.21. The van der Waals surface area contributed by atoms with Crippen LogP contribution >= 0.6 is 15.9 Å². The molecule has 0 bridgehead atoms. The van der Waals surface area contributed by atoms with Gasteiger partial charge in [-0.15, -0.1) is 0 Å². The number of nitrogens with zero attached hydrogens (tertiary/aromatic N) is 1. The van der Waals surface area contributed by atoms with Crippen LogP contribution in [0.1, 0.15) is 22.8 Å². The first-order chi connectivity index (χ1) is 9.93. The minimum Gasteiger partial charge on any atom is -0.479 e. The second-order valence-corrected chi connectivity index (χ2v) is 5.56. The molecule has 0 spiro atoms. The van der Waals surface area contributed by atoms with Crippen LogP contribution in [0.4, 0.5) is 0 Å². The molecule has 2 aromatic rings. The highest BCUT2D eigenvalue weighted by atomic mass is 79.9. The average molecular weight is 349 g/mol. The Morgan fingerprint density at radius 3 is 2.48 bits per heavy atom. The Morgan fingerprint density at radius 1 is 1.24 bits per heavy atom. The highest BCUT2D eigenvalue weighted by Crippen LogP contribution is 2.22. The summed E-state index contributed by atoms with van der Waals surface area (Å²) in [6, 6.07) is 10.1. The number of rotatable bonds is 4. The van der Waals surface area contributed by atoms with Crippen LogP contribution in [0.25, 0.3) is 0 Å². The molecule has 0 saturated carbocycles. The highest BCUT2D eigenvalue weighted by Gasteiger charge is 2.37. The van der Waals surface area contributed by atoms with Crippen LogP contribution in [0.5, 0.6) is 0 Å². The lowest BCUT2D eigenvalue weighted by Gasteiger charge is -2.26. The van der Waals surface area contributed by atoms with E-state index in [-0.39, 0.29) is 5.56 Å². The fourth-order valence-electron chi connectivity index (χ4n) is 1.86. The SMILES string of the molecule is CC(NC(=O)c1cncc(Br)c1)(C(=O)O)c1ccccc1. The van der Waals surface area contributed by atoms with E-state index in [1.807, 2.05) is 0 Å². The van der Waals surface area contributed by atoms with Crippen molar-refractivity contribution in [3.05, 3.63) is 64.4 Å². The predicted molar refractivity (Wildman–Crippen MR) is 80.8 cm³/mol. The number of nitrogens with one attached hydrogen (secondary N) is 1. The Morgan fingerprint density at radius 2 is 1.90 bits per heavy atom. The predicted octanol–water partition coefficient (Wildman–Crippen LogP) is 2.57. The molecule has 0 radical (unpaired) electrons. The number of halogens is 1. The van der Waals surface area contributed by atoms with Crippen molar-refractivity contribution in [1.29, 1.82) is 0 Å². The van der Waals surface area contributed by atoms with E-state index in [0.717, 1.165) is 0 Å². The lowest BCUT2D eigenvalue weighted by Crippen LogP contribution is -2.49. The standard InChI is InChI=1S/C15H13BrN2O3/c1-15(14(20)21,11-5-3-2-4-6-11)18-13(19)10-7-12(16)9-17-8-10/h2-9H,1H3,(H,18,19)(H,20,21). The summed E-state index contributed by atoms with van der Waals surface area (Å²) in [5.41, 5.74) is -0.734. The number of carboxylic acid groups (broad SMARTS) is 1. The summed E-state index contributed by atoms with van der Waals surface area (Å²) >= 11 is 3.23. The number of aromatic nitrogens is 1. The number of benzene rings is 1. The molecule has 1 heterocycles. The normalized spacial score (nSPS) is 13.2. The molecule has 108 valence electrons. The third-order valence-corrected chi connectivity index (χ3v) is 3.54. The van der Waals surface area contributed by atoms with Gasteiger partial charge in [0.2, 0.25) is 0 Å². The van der Waals surface area contributed by atoms with Crippen LogP contribution in [-0.2, 0) is 10.3 Å². The van der Waals surface area contributed by atoms with Crippen LogP contribution < -0.4 is 5.32 Å². The summed E-state index contributed by atoms with van der Waals surface area (Å²) in [5, 5.41) is 12.1. The van der Waals surface area contributed by atoms with Gasteiger partial charge < -0.3 is 10.4 Å². The van der Waals surface area contributed by atoms with Crippen LogP contribution in [0.3, 0.4) is 0 Å². The summed E-state index contributed by atoms with van der Waals surface area (Å²) in [5.74, 6) is -1.64. The number of amides is 1. The van der Waals surface area contributed by atoms with Gasteiger partial charge in [-0.05, 0) is 34.5 Å². The summed E-state index contributed by atoms with van der Waals surface area (Å²) in [4.78, 5) is 27.8. The van der Waals surface area contributed by atoms with E-state index in [0.29, 0.717) is 10.0 Å². The van der Waals surface area contributed by atoms with Crippen LogP contribution in [0.2, 0.25) is 0 Å². The first-order valence-corrected chi connectivity index (χ1v) is 6.95. The van der Waals surface area contributed by atoms with Gasteiger partial charge in [-0.1, -0.05) is 30.3 Å². The van der Waals surface area contributed by atoms with E-state index >= 15 is 0 Å². The van der Waals surface area contributed by atoms with Crippen molar-refractivity contribution in [1.82, 2.24) is 10.3 Å². The molecule has 0 aliphatic rings. The molecule has 6 heteroatoms. The number of carbonyl (C=O) groups is 2. The van der Waals surface area contributed by atoms with Gasteiger partial charge in [0.15, 0.2) is 5.54 Å². The van der Waals surface area contributed by atoms with E-state index in [1.165, 1.54) is 13.1 Å². The number of carboxylic acids is 1. The molecule has 1 aromatic carbocycles. The lowest BCUT2D eigenvalue weighted by atomic mass is 9.91. The molecule has 1 amide bonds. The smallest absolute Gasteiger partial charge is 0.333 e. The first kappa shape index (κ1) is 15.2. The first-order valence-electron chi connectivity index (χ1n) is 6.15. The van der Waals surface area contributed by atoms with Crippen molar-refractivity contribution in [3.63, 3.8) is 0 Å². The van der Waals surface area contributed by atoms with Gasteiger partial charge in [0, 0.05) is 16.9 Å². The molecule has 0 aliphatic heterocycles. The zero-order valence-electron chi connectivity index (χ0n) is 11.2. The summed E-state index contributed by atoms with van der Waals surface area (Å²) in [7, 11) is 0. The minimum atomic E-state index is -1.51. The van der Waals surface area contributed by atoms with Crippen molar-refractivity contribution in [2.24, 2.45) is 0 Å². The second-order valence-electron chi connectivity index (χ2n) is 4.64. The van der Waals surface area contributed by atoms with E-state index in [9.17, 15) is 14.7 Å². The highest BCUT2D eigenvalue weighted by molar-refractivity contribution is 9.10. The summed E-state index contributed by atoms with van der Waals surface area (Å²) in [6.07, 6.45) is 2.93. The Kier molecular flexibility index (Phi) is 4.37. The molecule has 5 nitrogen and oxygen atoms in total. The van der Waals surface area contributed by atoms with Crippen molar-refractivity contribution in [2.45, 2.75) is 12.5 Å². The summed E-state index contributed by atoms with van der Waals surface area (Å²) < 4.78 is 0.645. The molecule has 2 rings (SSSR count). The van der Waals surface area contributed by atoms with E-state index < -0.39 is 17.4 Å². The molecule has 0 saturated heterocycles. The lowest BCUT2D eigenvalue weighted by molar-refractivity contribution is -0.144. The number of hydrogen-bond acceptors (Lipinski definition) is 3. The molecular formula is C15H13BrN2O3. The van der Waals surface area contributed by atoms with Gasteiger partial charge in [0.25, 0.3) is 5.91 Å². The van der Waals surface area contributed by atoms with Crippen LogP contribution in [-0.4, -0.2) is 22.0 Å². The van der Waals surface area contributed by atoms with E-state index in [4.69, 9.17) is 0 Å². The number of pyridine rings is 1. The fourth-order valence-corrected chi connectivity index (χ4v) is 2.22. The fraction of sp³-hybridized carbons (Fsp3) is 0.133. The van der Waals surface area contributed by atoms with E-state index in [1.54, 1.807) is 42.6 Å². The van der Waals surface area contributed by atoms with Gasteiger partial charge in [0.05, 0.1) is 5.56 Å². The van der Waals surface area contributed by atoms with Crippen molar-refractivity contribution < 1.29 is 14.7 Å². The maximum absolute atomic E-state index is 12.3. The quantitative estimate of drug-likeness (QED) is 0.889. The second kappa shape index (κ2) is 6.05. The number of aliphatic carboxylic acids is 1. The monoisotopic (exact) mass is 348 g/mol. The Balaban J connectivity index is 2.33. The largest absolute Gasteiger partial charge is 0.479 e. The topological polar surface area (TPSA) is 79.3 Å². The molecule has 0 fully saturated rings.